The fourth-order valence-corrected chi connectivity index (χ4v) is 12.8. The molecule has 0 aliphatic carbocycles. The van der Waals surface area contributed by atoms with Gasteiger partial charge >= 0.3 is 17.9 Å². The summed E-state index contributed by atoms with van der Waals surface area (Å²) in [5.41, 5.74) is 0. The molecule has 0 saturated heterocycles. The fraction of sp³-hybridized carbons (Fsp3) is 0.894. The van der Waals surface area contributed by atoms with Crippen molar-refractivity contribution in [3.8, 4) is 0 Å². The van der Waals surface area contributed by atoms with Crippen molar-refractivity contribution >= 4 is 17.9 Å². The summed E-state index contributed by atoms with van der Waals surface area (Å²) in [4.78, 5) is 37.8. The Bertz CT molecular complexity index is 1640. The Labute approximate surface area is 585 Å². The van der Waals surface area contributed by atoms with Gasteiger partial charge in [-0.25, -0.2) is 4.79 Å². The second-order valence-electron chi connectivity index (χ2n) is 29.8. The molecule has 94 heavy (non-hydrogen) atoms. The predicted molar refractivity (Wildman–Crippen MR) is 406 cm³/mol. The number of aliphatic carboxylic acids is 1. The van der Waals surface area contributed by atoms with E-state index in [0.29, 0.717) is 17.4 Å². The van der Waals surface area contributed by atoms with Gasteiger partial charge in [-0.05, 0) is 51.4 Å². The van der Waals surface area contributed by atoms with E-state index in [0.717, 1.165) is 51.4 Å². The average molecular weight is 1330 g/mol. The molecule has 0 aliphatic heterocycles. The number of carboxylic acids is 1. The number of hydrogen-bond donors (Lipinski definition) is 1. The lowest BCUT2D eigenvalue weighted by molar-refractivity contribution is -0.870. The van der Waals surface area contributed by atoms with Crippen molar-refractivity contribution in [3.63, 3.8) is 0 Å². The van der Waals surface area contributed by atoms with Crippen LogP contribution in [0.3, 0.4) is 0 Å². The van der Waals surface area contributed by atoms with Crippen LogP contribution in [0.25, 0.3) is 0 Å². The number of carboxylic acid groups (broad SMARTS) is 1. The van der Waals surface area contributed by atoms with Crippen LogP contribution in [0.1, 0.15) is 431 Å². The summed E-state index contributed by atoms with van der Waals surface area (Å²) < 4.78 is 23.1. The molecule has 0 aromatic rings. The third kappa shape index (κ3) is 76.9. The van der Waals surface area contributed by atoms with Gasteiger partial charge in [0.1, 0.15) is 13.2 Å². The Hall–Kier alpha value is -2.49. The Kier molecular flexibility index (Phi) is 74.2. The minimum atomic E-state index is -1.51. The number of nitrogens with zero attached hydrogens (tertiary/aromatic N) is 1. The number of esters is 2. The molecule has 0 saturated carbocycles. The van der Waals surface area contributed by atoms with Gasteiger partial charge in [0, 0.05) is 12.8 Å². The summed E-state index contributed by atoms with van der Waals surface area (Å²) in [6.45, 7) is 4.95. The lowest BCUT2D eigenvalue weighted by atomic mass is 10.0. The maximum Gasteiger partial charge on any atom is 0.361 e. The molecule has 0 bridgehead atoms. The Morgan fingerprint density at radius 2 is 0.574 bits per heavy atom. The molecule has 9 heteroatoms. The van der Waals surface area contributed by atoms with Crippen LogP contribution < -0.4 is 0 Å². The molecule has 2 unspecified atom stereocenters. The molecule has 0 aromatic heterocycles. The van der Waals surface area contributed by atoms with Crippen molar-refractivity contribution in [2.75, 3.05) is 47.5 Å². The number of carbonyl (C=O) groups excluding carboxylic acids is 2. The minimum Gasteiger partial charge on any atom is -0.477 e. The molecule has 0 radical (unpaired) electrons. The number of ether oxygens (including phenoxy) is 4. The van der Waals surface area contributed by atoms with Crippen molar-refractivity contribution in [1.82, 2.24) is 0 Å². The maximum absolute atomic E-state index is 13.0. The number of carbonyl (C=O) groups is 3. The van der Waals surface area contributed by atoms with Crippen LogP contribution in [0.4, 0.5) is 0 Å². The summed E-state index contributed by atoms with van der Waals surface area (Å²) in [6, 6.07) is 0. The van der Waals surface area contributed by atoms with Gasteiger partial charge in [0.05, 0.1) is 34.4 Å². The number of hydrogen-bond acceptors (Lipinski definition) is 7. The first-order valence-corrected chi connectivity index (χ1v) is 41.7. The van der Waals surface area contributed by atoms with Crippen LogP contribution in [0.2, 0.25) is 0 Å². The van der Waals surface area contributed by atoms with E-state index in [-0.39, 0.29) is 38.2 Å². The highest BCUT2D eigenvalue weighted by molar-refractivity contribution is 5.71. The van der Waals surface area contributed by atoms with Crippen LogP contribution in [0.5, 0.6) is 0 Å². The third-order valence-electron chi connectivity index (χ3n) is 19.1. The van der Waals surface area contributed by atoms with Crippen LogP contribution in [-0.2, 0) is 33.3 Å². The van der Waals surface area contributed by atoms with E-state index in [1.54, 1.807) is 0 Å². The van der Waals surface area contributed by atoms with Gasteiger partial charge < -0.3 is 28.5 Å². The van der Waals surface area contributed by atoms with Gasteiger partial charge in [-0.15, -0.1) is 0 Å². The monoisotopic (exact) mass is 1330 g/mol. The summed E-state index contributed by atoms with van der Waals surface area (Å²) in [5.74, 6) is -1.97. The van der Waals surface area contributed by atoms with Gasteiger partial charge in [0.2, 0.25) is 0 Å². The molecule has 0 fully saturated rings. The van der Waals surface area contributed by atoms with Gasteiger partial charge in [0.25, 0.3) is 6.29 Å². The fourth-order valence-electron chi connectivity index (χ4n) is 12.8. The molecule has 2 atom stereocenters. The molecule has 9 nitrogen and oxygen atoms in total. The number of likely N-dealkylation sites (N-methyl/N-ethyl adjacent to an activating group) is 1. The van der Waals surface area contributed by atoms with E-state index < -0.39 is 18.4 Å². The molecular formula is C85H162NO8+. The summed E-state index contributed by atoms with van der Waals surface area (Å²) in [5, 5.41) is 9.78. The molecule has 0 aromatic carbocycles. The van der Waals surface area contributed by atoms with Gasteiger partial charge in [-0.2, -0.15) is 0 Å². The van der Waals surface area contributed by atoms with E-state index in [4.69, 9.17) is 18.9 Å². The first-order valence-electron chi connectivity index (χ1n) is 41.7. The highest BCUT2D eigenvalue weighted by Gasteiger charge is 2.25. The second kappa shape index (κ2) is 76.3. The van der Waals surface area contributed by atoms with Gasteiger partial charge in [0.15, 0.2) is 6.10 Å². The lowest BCUT2D eigenvalue weighted by Gasteiger charge is -2.25. The summed E-state index contributed by atoms with van der Waals surface area (Å²) in [6.07, 6.45) is 96.1. The topological polar surface area (TPSA) is 108 Å². The first-order chi connectivity index (χ1) is 46.1. The molecule has 0 amide bonds. The van der Waals surface area contributed by atoms with E-state index in [1.165, 1.54) is 353 Å². The first kappa shape index (κ1) is 91.5. The van der Waals surface area contributed by atoms with Crippen molar-refractivity contribution in [3.05, 3.63) is 36.5 Å². The summed E-state index contributed by atoms with van der Waals surface area (Å²) >= 11 is 0. The molecule has 0 aliphatic rings. The van der Waals surface area contributed by atoms with Crippen molar-refractivity contribution in [2.24, 2.45) is 0 Å². The number of rotatable bonds is 79. The third-order valence-corrected chi connectivity index (χ3v) is 19.1. The Morgan fingerprint density at radius 3 is 0.851 bits per heavy atom. The van der Waals surface area contributed by atoms with Crippen molar-refractivity contribution < 1.29 is 42.9 Å². The average Bonchev–Trinajstić information content (AvgIpc) is 3.75. The minimum absolute atomic E-state index is 0.174. The normalized spacial score (nSPS) is 12.7. The summed E-state index contributed by atoms with van der Waals surface area (Å²) in [7, 11) is 6.00. The van der Waals surface area contributed by atoms with Crippen LogP contribution in [0.15, 0.2) is 36.5 Å². The van der Waals surface area contributed by atoms with Crippen molar-refractivity contribution in [2.45, 2.75) is 444 Å². The highest BCUT2D eigenvalue weighted by Crippen LogP contribution is 2.20. The lowest BCUT2D eigenvalue weighted by Crippen LogP contribution is -2.40. The molecule has 1 N–H and O–H groups in total. The zero-order valence-corrected chi connectivity index (χ0v) is 63.7. The number of allylic oxidation sites excluding steroid dienone is 6. The van der Waals surface area contributed by atoms with E-state index in [1.807, 2.05) is 21.1 Å². The number of unbranched alkanes of at least 4 members (excludes halogenated alkanes) is 58. The van der Waals surface area contributed by atoms with E-state index in [2.05, 4.69) is 50.3 Å². The molecule has 0 heterocycles. The van der Waals surface area contributed by atoms with Gasteiger partial charge in [-0.3, -0.25) is 9.59 Å². The van der Waals surface area contributed by atoms with Gasteiger partial charge in [-0.1, -0.05) is 403 Å². The molecule has 0 spiro atoms. The molecule has 0 rings (SSSR count). The quantitative estimate of drug-likeness (QED) is 0.0211. The van der Waals surface area contributed by atoms with Crippen LogP contribution in [0, 0.1) is 0 Å². The molecular weight excluding hydrogens is 1160 g/mol. The van der Waals surface area contributed by atoms with E-state index in [9.17, 15) is 19.5 Å². The smallest absolute Gasteiger partial charge is 0.361 e. The van der Waals surface area contributed by atoms with Crippen molar-refractivity contribution in [1.29, 1.82) is 0 Å². The zero-order chi connectivity index (χ0) is 68.2. The largest absolute Gasteiger partial charge is 0.477 e. The highest BCUT2D eigenvalue weighted by atomic mass is 16.7. The van der Waals surface area contributed by atoms with E-state index >= 15 is 0 Å². The second-order valence-corrected chi connectivity index (χ2v) is 29.8. The maximum atomic E-state index is 13.0. The molecule has 554 valence electrons. The number of quaternary nitrogens is 1. The SMILES string of the molecule is CCCCCCC/C=C\C/C=C\C/C=C\CCCCCCCCCCCCCCCCCCCCCCCCC(=O)OC(COC(=O)CCCCCCCCCCCCCCCCCCCCCCCCCCCCCCCCCC)COC(OCC[N+](C)(C)C)C(=O)O. The Balaban J connectivity index is 3.95. The predicted octanol–water partition coefficient (Wildman–Crippen LogP) is 26.7. The van der Waals surface area contributed by atoms with Crippen LogP contribution >= 0.6 is 0 Å². The van der Waals surface area contributed by atoms with Crippen LogP contribution in [-0.4, -0.2) is 87.4 Å². The zero-order valence-electron chi connectivity index (χ0n) is 63.7. The standard InChI is InChI=1S/C85H161NO8/c1-6-8-10-12-14-16-18-20-22-24-26-28-30-32-34-36-38-40-41-42-43-44-46-48-50-52-54-56-58-60-62-64-66-68-70-72-74-76-83(88)94-81(80-93-85(84(89)90)91-78-77-86(3,4)5)79-92-82(87)75-73-71-69-67-65-63-61-59-57-55-53-51-49-47-45-39-37-35-33-31-29-27-25-23-21-19-17-15-13-11-9-7-2/h18,20,24,26,30,32,81,85H,6-17,19,21-23,25,27-29,31,33-80H2,1-5H3/p+1/b20-18-,26-24-,32-30-. The Morgan fingerprint density at radius 1 is 0.319 bits per heavy atom.